The predicted molar refractivity (Wildman–Crippen MR) is 133 cm³/mol. The lowest BCUT2D eigenvalue weighted by atomic mass is 10.0. The lowest BCUT2D eigenvalue weighted by Gasteiger charge is -2.30. The first-order valence-electron chi connectivity index (χ1n) is 12.1. The molecular formula is C25H36N2O11. The summed E-state index contributed by atoms with van der Waals surface area (Å²) >= 11 is 0. The summed E-state index contributed by atoms with van der Waals surface area (Å²) < 4.78 is 27.1. The molecule has 1 aromatic carbocycles. The summed E-state index contributed by atoms with van der Waals surface area (Å²) in [4.78, 5) is 57.9. The van der Waals surface area contributed by atoms with Gasteiger partial charge in [-0.05, 0) is 19.4 Å². The molecule has 0 bridgehead atoms. The summed E-state index contributed by atoms with van der Waals surface area (Å²) in [5, 5.41) is 9.12. The summed E-state index contributed by atoms with van der Waals surface area (Å²) in [5.41, 5.74) is 0.201. The van der Waals surface area contributed by atoms with Crippen molar-refractivity contribution in [1.29, 1.82) is 0 Å². The molecule has 3 amide bonds. The quantitative estimate of drug-likeness (QED) is 0.161. The zero-order chi connectivity index (χ0) is 28.2. The molecule has 0 radical (unpaired) electrons. The molecule has 1 aromatic rings. The first-order valence-corrected chi connectivity index (χ1v) is 12.1. The second-order valence-corrected chi connectivity index (χ2v) is 7.71. The molecular weight excluding hydrogens is 504 g/mol. The Morgan fingerprint density at radius 2 is 1.55 bits per heavy atom. The van der Waals surface area contributed by atoms with Gasteiger partial charge in [0.15, 0.2) is 6.29 Å². The molecule has 13 nitrogen and oxygen atoms in total. The van der Waals surface area contributed by atoms with Crippen molar-refractivity contribution in [2.75, 3.05) is 66.5 Å². The van der Waals surface area contributed by atoms with Gasteiger partial charge in [0, 0.05) is 25.6 Å². The number of imide groups is 1. The van der Waals surface area contributed by atoms with E-state index in [0.29, 0.717) is 52.5 Å². The molecule has 1 heterocycles. The van der Waals surface area contributed by atoms with Crippen LogP contribution in [0, 0.1) is 0 Å². The summed E-state index contributed by atoms with van der Waals surface area (Å²) in [5.74, 6) is -1.26. The molecule has 1 saturated heterocycles. The summed E-state index contributed by atoms with van der Waals surface area (Å²) in [7, 11) is 1.46. The Morgan fingerprint density at radius 3 is 2.08 bits per heavy atom. The number of amides is 3. The number of hydrogen-bond acceptors (Lipinski definition) is 10. The van der Waals surface area contributed by atoms with E-state index in [1.165, 1.54) is 18.0 Å². The van der Waals surface area contributed by atoms with Gasteiger partial charge in [0.2, 0.25) is 11.8 Å². The Kier molecular flexibility index (Phi) is 16.9. The van der Waals surface area contributed by atoms with Crippen LogP contribution < -0.4 is 10.1 Å². The highest BCUT2D eigenvalue weighted by atomic mass is 16.6. The van der Waals surface area contributed by atoms with Crippen LogP contribution in [0.25, 0.3) is 0 Å². The Balaban J connectivity index is 0.00000229. The van der Waals surface area contributed by atoms with E-state index in [2.05, 4.69) is 5.32 Å². The number of aldehydes is 1. The molecule has 0 saturated carbocycles. The van der Waals surface area contributed by atoms with E-state index in [1.54, 1.807) is 12.1 Å². The lowest BCUT2D eigenvalue weighted by Crippen LogP contribution is -2.53. The van der Waals surface area contributed by atoms with Crippen LogP contribution in [-0.2, 0) is 33.3 Å². The second kappa shape index (κ2) is 19.7. The molecule has 2 N–H and O–H groups in total. The standard InChI is InChI=1S/C24H34N2O9.CH2O2/c1-3-31-9-10-32-11-12-33-13-14-34-15-16-35-20-6-4-5-18(17-27)22(20)24(30)26(2)19-7-8-21(28)25-23(19)29;2-1-3/h4-6,17,19H,3,7-16H2,1-2H3,(H,25,28,29);1H,(H,2,3). The number of rotatable bonds is 17. The summed E-state index contributed by atoms with van der Waals surface area (Å²) in [6, 6.07) is 3.87. The Hall–Kier alpha value is -3.39. The Bertz CT molecular complexity index is 894. The molecule has 1 unspecified atom stereocenters. The van der Waals surface area contributed by atoms with Gasteiger partial charge in [0.25, 0.3) is 12.4 Å². The van der Waals surface area contributed by atoms with E-state index in [9.17, 15) is 19.2 Å². The highest BCUT2D eigenvalue weighted by Crippen LogP contribution is 2.25. The van der Waals surface area contributed by atoms with Crippen molar-refractivity contribution in [2.24, 2.45) is 0 Å². The zero-order valence-electron chi connectivity index (χ0n) is 21.7. The molecule has 1 aliphatic rings. The second-order valence-electron chi connectivity index (χ2n) is 7.71. The van der Waals surface area contributed by atoms with Gasteiger partial charge < -0.3 is 33.7 Å². The first-order chi connectivity index (χ1) is 18.4. The summed E-state index contributed by atoms with van der Waals surface area (Å²) in [6.07, 6.45) is 0.906. The molecule has 2 rings (SSSR count). The number of carbonyl (C=O) groups is 5. The van der Waals surface area contributed by atoms with Gasteiger partial charge in [-0.3, -0.25) is 29.3 Å². The molecule has 212 valence electrons. The summed E-state index contributed by atoms with van der Waals surface area (Å²) in [6.45, 7) is 5.53. The van der Waals surface area contributed by atoms with Gasteiger partial charge in [0.1, 0.15) is 18.4 Å². The van der Waals surface area contributed by atoms with Gasteiger partial charge in [-0.15, -0.1) is 0 Å². The smallest absolute Gasteiger partial charge is 0.290 e. The van der Waals surface area contributed by atoms with E-state index >= 15 is 0 Å². The third-order valence-electron chi connectivity index (χ3n) is 5.20. The highest BCUT2D eigenvalue weighted by Gasteiger charge is 2.34. The fourth-order valence-electron chi connectivity index (χ4n) is 3.38. The topological polar surface area (TPSA) is 167 Å². The SMILES string of the molecule is CCOCCOCCOCCOCCOc1cccc(C=O)c1C(=O)N(C)C1CCC(=O)NC1=O.O=CO. The minimum absolute atomic E-state index is 0.0578. The van der Waals surface area contributed by atoms with Crippen molar-refractivity contribution in [3.63, 3.8) is 0 Å². The minimum atomic E-state index is -0.814. The Morgan fingerprint density at radius 1 is 1.00 bits per heavy atom. The van der Waals surface area contributed by atoms with E-state index < -0.39 is 17.9 Å². The fourth-order valence-corrected chi connectivity index (χ4v) is 3.38. The number of carboxylic acid groups (broad SMARTS) is 1. The van der Waals surface area contributed by atoms with Crippen LogP contribution >= 0.6 is 0 Å². The molecule has 1 atom stereocenters. The van der Waals surface area contributed by atoms with E-state index in [1.807, 2.05) is 6.92 Å². The molecule has 1 aliphatic heterocycles. The normalized spacial score (nSPS) is 14.6. The van der Waals surface area contributed by atoms with Crippen molar-refractivity contribution < 1.29 is 52.8 Å². The van der Waals surface area contributed by atoms with Crippen LogP contribution in [0.4, 0.5) is 0 Å². The van der Waals surface area contributed by atoms with Gasteiger partial charge in [-0.2, -0.15) is 0 Å². The van der Waals surface area contributed by atoms with Gasteiger partial charge in [-0.25, -0.2) is 0 Å². The van der Waals surface area contributed by atoms with Crippen molar-refractivity contribution >= 4 is 30.5 Å². The van der Waals surface area contributed by atoms with Crippen LogP contribution in [0.5, 0.6) is 5.75 Å². The third-order valence-corrected chi connectivity index (χ3v) is 5.20. The zero-order valence-corrected chi connectivity index (χ0v) is 21.7. The maximum Gasteiger partial charge on any atom is 0.290 e. The van der Waals surface area contributed by atoms with E-state index in [-0.39, 0.29) is 55.3 Å². The number of benzene rings is 1. The average Bonchev–Trinajstić information content (AvgIpc) is 2.90. The number of likely N-dealkylation sites (N-methyl/N-ethyl adjacent to an activating group) is 1. The third kappa shape index (κ3) is 11.8. The van der Waals surface area contributed by atoms with Gasteiger partial charge >= 0.3 is 0 Å². The van der Waals surface area contributed by atoms with Crippen LogP contribution in [0.15, 0.2) is 18.2 Å². The number of nitrogens with one attached hydrogen (secondary N) is 1. The van der Waals surface area contributed by atoms with Crippen molar-refractivity contribution in [3.05, 3.63) is 29.3 Å². The van der Waals surface area contributed by atoms with E-state index in [0.717, 1.165) is 0 Å². The molecule has 38 heavy (non-hydrogen) atoms. The molecule has 0 aromatic heterocycles. The van der Waals surface area contributed by atoms with E-state index in [4.69, 9.17) is 33.6 Å². The number of nitrogens with zero attached hydrogens (tertiary/aromatic N) is 1. The van der Waals surface area contributed by atoms with Crippen molar-refractivity contribution in [1.82, 2.24) is 10.2 Å². The number of piperidine rings is 1. The highest BCUT2D eigenvalue weighted by molar-refractivity contribution is 6.07. The Labute approximate surface area is 221 Å². The monoisotopic (exact) mass is 540 g/mol. The average molecular weight is 541 g/mol. The van der Waals surface area contributed by atoms with Crippen LogP contribution in [-0.4, -0.2) is 113 Å². The molecule has 1 fully saturated rings. The van der Waals surface area contributed by atoms with Crippen molar-refractivity contribution in [3.8, 4) is 5.75 Å². The van der Waals surface area contributed by atoms with Crippen molar-refractivity contribution in [2.45, 2.75) is 25.8 Å². The number of carbonyl (C=O) groups excluding carboxylic acids is 4. The van der Waals surface area contributed by atoms with Crippen LogP contribution in [0.1, 0.15) is 40.5 Å². The first kappa shape index (κ1) is 32.6. The predicted octanol–water partition coefficient (Wildman–Crippen LogP) is 0.542. The molecule has 13 heteroatoms. The maximum atomic E-state index is 13.2. The minimum Gasteiger partial charge on any atom is -0.490 e. The lowest BCUT2D eigenvalue weighted by molar-refractivity contribution is -0.136. The molecule has 0 spiro atoms. The van der Waals surface area contributed by atoms with Crippen LogP contribution in [0.2, 0.25) is 0 Å². The van der Waals surface area contributed by atoms with Gasteiger partial charge in [0.05, 0.1) is 51.8 Å². The van der Waals surface area contributed by atoms with Gasteiger partial charge in [-0.1, -0.05) is 12.1 Å². The maximum absolute atomic E-state index is 13.2. The number of hydrogen-bond donors (Lipinski definition) is 2. The molecule has 0 aliphatic carbocycles. The fraction of sp³-hybridized carbons (Fsp3) is 0.560. The number of ether oxygens (including phenoxy) is 5. The van der Waals surface area contributed by atoms with Crippen LogP contribution in [0.3, 0.4) is 0 Å². The largest absolute Gasteiger partial charge is 0.490 e.